The van der Waals surface area contributed by atoms with Gasteiger partial charge in [-0.25, -0.2) is 9.07 Å². The van der Waals surface area contributed by atoms with Gasteiger partial charge in [-0.15, -0.1) is 0 Å². The molecule has 162 valence electrons. The topological polar surface area (TPSA) is 46.3 Å². The van der Waals surface area contributed by atoms with Crippen molar-refractivity contribution in [2.24, 2.45) is 0 Å². The van der Waals surface area contributed by atoms with Crippen molar-refractivity contribution in [1.29, 1.82) is 0 Å². The van der Waals surface area contributed by atoms with Crippen LogP contribution in [0.2, 0.25) is 0 Å². The number of aryl methyl sites for hydroxylation is 1. The Bertz CT molecular complexity index is 1220. The summed E-state index contributed by atoms with van der Waals surface area (Å²) < 4.78 is 17.9. The van der Waals surface area contributed by atoms with E-state index in [4.69, 9.17) is 0 Å². The molecule has 3 heterocycles. The summed E-state index contributed by atoms with van der Waals surface area (Å²) in [5, 5.41) is 4.55. The molecule has 4 aromatic rings. The third-order valence-corrected chi connectivity index (χ3v) is 5.86. The lowest BCUT2D eigenvalue weighted by atomic mass is 10.2. The predicted octanol–water partition coefficient (Wildman–Crippen LogP) is 4.07. The number of carbonyl (C=O) groups is 1. The van der Waals surface area contributed by atoms with Crippen molar-refractivity contribution in [3.8, 4) is 11.5 Å². The van der Waals surface area contributed by atoms with Crippen LogP contribution in [0.5, 0.6) is 0 Å². The second-order valence-electron chi connectivity index (χ2n) is 7.95. The zero-order valence-electron chi connectivity index (χ0n) is 17.9. The number of hydrogen-bond acceptors (Lipinski definition) is 3. The molecule has 0 saturated carbocycles. The van der Waals surface area contributed by atoms with Crippen molar-refractivity contribution in [3.63, 3.8) is 0 Å². The number of anilines is 1. The summed E-state index contributed by atoms with van der Waals surface area (Å²) in [5.74, 6) is 0.405. The third kappa shape index (κ3) is 3.66. The molecule has 6 nitrogen and oxygen atoms in total. The first-order chi connectivity index (χ1) is 15.6. The number of amides is 1. The SMILES string of the molecule is Cc1ccc(-n2ncc(C(=O)N3CCN(c4ccccc4F)CC3)c2-n2cccc2)cc1. The van der Waals surface area contributed by atoms with E-state index in [0.717, 1.165) is 11.3 Å². The Morgan fingerprint density at radius 1 is 0.906 bits per heavy atom. The molecule has 0 radical (unpaired) electrons. The van der Waals surface area contributed by atoms with Crippen molar-refractivity contribution >= 4 is 11.6 Å². The maximum absolute atomic E-state index is 14.2. The number of para-hydroxylation sites is 1. The van der Waals surface area contributed by atoms with E-state index >= 15 is 0 Å². The van der Waals surface area contributed by atoms with E-state index in [1.54, 1.807) is 23.0 Å². The molecule has 7 heteroatoms. The summed E-state index contributed by atoms with van der Waals surface area (Å²) >= 11 is 0. The van der Waals surface area contributed by atoms with Crippen molar-refractivity contribution < 1.29 is 9.18 Å². The van der Waals surface area contributed by atoms with E-state index in [2.05, 4.69) is 5.10 Å². The first-order valence-electron chi connectivity index (χ1n) is 10.7. The van der Waals surface area contributed by atoms with Crippen LogP contribution in [0.15, 0.2) is 79.3 Å². The number of halogens is 1. The standard InChI is InChI=1S/C25H24FN5O/c1-19-8-10-20(11-9-19)31-24(29-12-4-5-13-29)21(18-27-31)25(32)30-16-14-28(15-17-30)23-7-3-2-6-22(23)26/h2-13,18H,14-17H2,1H3. The fourth-order valence-electron chi connectivity index (χ4n) is 4.12. The highest BCUT2D eigenvalue weighted by molar-refractivity contribution is 5.97. The van der Waals surface area contributed by atoms with Crippen LogP contribution in [0.1, 0.15) is 15.9 Å². The molecule has 1 aliphatic heterocycles. The van der Waals surface area contributed by atoms with Crippen molar-refractivity contribution in [2.75, 3.05) is 31.1 Å². The Labute approximate surface area is 186 Å². The van der Waals surface area contributed by atoms with Gasteiger partial charge in [0, 0.05) is 38.6 Å². The Morgan fingerprint density at radius 2 is 1.59 bits per heavy atom. The summed E-state index contributed by atoms with van der Waals surface area (Å²) in [6.45, 7) is 4.24. The number of hydrogen-bond donors (Lipinski definition) is 0. The molecule has 1 aliphatic rings. The van der Waals surface area contributed by atoms with Gasteiger partial charge in [-0.05, 0) is 43.3 Å². The van der Waals surface area contributed by atoms with Crippen LogP contribution in [-0.2, 0) is 0 Å². The first-order valence-corrected chi connectivity index (χ1v) is 10.7. The van der Waals surface area contributed by atoms with Crippen molar-refractivity contribution in [3.05, 3.63) is 96.2 Å². The zero-order chi connectivity index (χ0) is 22.1. The molecule has 32 heavy (non-hydrogen) atoms. The Morgan fingerprint density at radius 3 is 2.28 bits per heavy atom. The van der Waals surface area contributed by atoms with Gasteiger partial charge in [0.25, 0.3) is 5.91 Å². The molecule has 1 saturated heterocycles. The normalized spacial score (nSPS) is 14.1. The van der Waals surface area contributed by atoms with Gasteiger partial charge in [0.2, 0.25) is 0 Å². The number of carbonyl (C=O) groups excluding carboxylic acids is 1. The van der Waals surface area contributed by atoms with E-state index in [0.29, 0.717) is 43.2 Å². The van der Waals surface area contributed by atoms with Crippen LogP contribution in [0, 0.1) is 12.7 Å². The molecule has 0 atom stereocenters. The van der Waals surface area contributed by atoms with Gasteiger partial charge in [-0.2, -0.15) is 5.10 Å². The maximum Gasteiger partial charge on any atom is 0.259 e. The van der Waals surface area contributed by atoms with Crippen LogP contribution >= 0.6 is 0 Å². The molecule has 5 rings (SSSR count). The van der Waals surface area contributed by atoms with Gasteiger partial charge in [-0.1, -0.05) is 29.8 Å². The molecule has 1 fully saturated rings. The summed E-state index contributed by atoms with van der Waals surface area (Å²) in [6, 6.07) is 18.7. The van der Waals surface area contributed by atoms with Gasteiger partial charge in [0.05, 0.1) is 17.6 Å². The molecular weight excluding hydrogens is 405 g/mol. The zero-order valence-corrected chi connectivity index (χ0v) is 17.9. The molecular formula is C25H24FN5O. The quantitative estimate of drug-likeness (QED) is 0.491. The smallest absolute Gasteiger partial charge is 0.259 e. The number of nitrogens with zero attached hydrogens (tertiary/aromatic N) is 5. The van der Waals surface area contributed by atoms with Crippen LogP contribution < -0.4 is 4.90 Å². The molecule has 0 N–H and O–H groups in total. The number of rotatable bonds is 4. The highest BCUT2D eigenvalue weighted by Crippen LogP contribution is 2.24. The number of aromatic nitrogens is 3. The molecule has 0 aliphatic carbocycles. The molecule has 1 amide bonds. The Hall–Kier alpha value is -3.87. The fraction of sp³-hybridized carbons (Fsp3) is 0.200. The largest absolute Gasteiger partial charge is 0.366 e. The molecule has 0 unspecified atom stereocenters. The molecule has 0 bridgehead atoms. The van der Waals surface area contributed by atoms with Crippen LogP contribution in [0.25, 0.3) is 11.5 Å². The second-order valence-corrected chi connectivity index (χ2v) is 7.95. The minimum absolute atomic E-state index is 0.0692. The highest BCUT2D eigenvalue weighted by Gasteiger charge is 2.28. The monoisotopic (exact) mass is 429 g/mol. The van der Waals surface area contributed by atoms with Crippen LogP contribution in [0.4, 0.5) is 10.1 Å². The van der Waals surface area contributed by atoms with Gasteiger partial charge >= 0.3 is 0 Å². The molecule has 2 aromatic heterocycles. The van der Waals surface area contributed by atoms with Gasteiger partial charge in [0.1, 0.15) is 11.4 Å². The fourth-order valence-corrected chi connectivity index (χ4v) is 4.12. The van der Waals surface area contributed by atoms with E-state index in [1.807, 2.05) is 76.1 Å². The molecule has 2 aromatic carbocycles. The van der Waals surface area contributed by atoms with Crippen LogP contribution in [0.3, 0.4) is 0 Å². The van der Waals surface area contributed by atoms with Crippen molar-refractivity contribution in [1.82, 2.24) is 19.2 Å². The van der Waals surface area contributed by atoms with Crippen LogP contribution in [-0.4, -0.2) is 51.3 Å². The van der Waals surface area contributed by atoms with Crippen molar-refractivity contribution in [2.45, 2.75) is 6.92 Å². The van der Waals surface area contributed by atoms with Gasteiger partial charge in [0.15, 0.2) is 5.82 Å². The first kappa shape index (κ1) is 20.1. The van der Waals surface area contributed by atoms with E-state index in [9.17, 15) is 9.18 Å². The van der Waals surface area contributed by atoms with Gasteiger partial charge in [-0.3, -0.25) is 4.79 Å². The lowest BCUT2D eigenvalue weighted by Crippen LogP contribution is -2.49. The maximum atomic E-state index is 14.2. The number of benzene rings is 2. The van der Waals surface area contributed by atoms with E-state index in [-0.39, 0.29) is 11.7 Å². The van der Waals surface area contributed by atoms with Gasteiger partial charge < -0.3 is 14.4 Å². The third-order valence-electron chi connectivity index (χ3n) is 5.86. The lowest BCUT2D eigenvalue weighted by Gasteiger charge is -2.36. The predicted molar refractivity (Wildman–Crippen MR) is 122 cm³/mol. The average Bonchev–Trinajstić information content (AvgIpc) is 3.49. The average molecular weight is 429 g/mol. The Kier molecular flexibility index (Phi) is 5.23. The summed E-state index contributed by atoms with van der Waals surface area (Å²) in [6.07, 6.45) is 5.46. The Balaban J connectivity index is 1.42. The second kappa shape index (κ2) is 8.34. The summed E-state index contributed by atoms with van der Waals surface area (Å²) in [4.78, 5) is 17.3. The molecule has 0 spiro atoms. The highest BCUT2D eigenvalue weighted by atomic mass is 19.1. The minimum atomic E-state index is -0.235. The van der Waals surface area contributed by atoms with E-state index < -0.39 is 0 Å². The lowest BCUT2D eigenvalue weighted by molar-refractivity contribution is 0.0746. The minimum Gasteiger partial charge on any atom is -0.366 e. The number of piperazine rings is 1. The van der Waals surface area contributed by atoms with E-state index in [1.165, 1.54) is 6.07 Å². The summed E-state index contributed by atoms with van der Waals surface area (Å²) in [7, 11) is 0. The summed E-state index contributed by atoms with van der Waals surface area (Å²) in [5.41, 5.74) is 3.18.